The van der Waals surface area contributed by atoms with Crippen molar-refractivity contribution in [1.29, 1.82) is 0 Å². The van der Waals surface area contributed by atoms with Crippen LogP contribution in [0.5, 0.6) is 0 Å². The summed E-state index contributed by atoms with van der Waals surface area (Å²) in [4.78, 5) is 0.775. The summed E-state index contributed by atoms with van der Waals surface area (Å²) in [6, 6.07) is 8.53. The van der Waals surface area contributed by atoms with Gasteiger partial charge in [0, 0.05) is 11.4 Å². The highest BCUT2D eigenvalue weighted by atomic mass is 79.9. The Morgan fingerprint density at radius 3 is 2.50 bits per heavy atom. The Morgan fingerprint density at radius 1 is 1.17 bits per heavy atom. The molecule has 0 saturated heterocycles. The molecule has 1 aliphatic carbocycles. The second-order valence-electron chi connectivity index (χ2n) is 4.73. The van der Waals surface area contributed by atoms with Gasteiger partial charge in [0.2, 0.25) is 10.0 Å². The second-order valence-corrected chi connectivity index (χ2v) is 7.67. The number of hydrogen-bond acceptors (Lipinski definition) is 2. The molecule has 2 rings (SSSR count). The summed E-state index contributed by atoms with van der Waals surface area (Å²) < 4.78 is 26.8. The molecular formula is C13H18BrNO2S. The van der Waals surface area contributed by atoms with Crippen molar-refractivity contribution in [3.05, 3.63) is 30.3 Å². The van der Waals surface area contributed by atoms with E-state index < -0.39 is 10.0 Å². The first-order valence-corrected chi connectivity index (χ1v) is 8.68. The lowest BCUT2D eigenvalue weighted by atomic mass is 9.89. The van der Waals surface area contributed by atoms with Crippen LogP contribution in [-0.2, 0) is 10.0 Å². The van der Waals surface area contributed by atoms with Crippen molar-refractivity contribution < 1.29 is 8.42 Å². The van der Waals surface area contributed by atoms with E-state index in [1.807, 2.05) is 6.07 Å². The van der Waals surface area contributed by atoms with Gasteiger partial charge >= 0.3 is 0 Å². The molecule has 2 unspecified atom stereocenters. The van der Waals surface area contributed by atoms with Crippen molar-refractivity contribution >= 4 is 26.0 Å². The maximum absolute atomic E-state index is 12.1. The van der Waals surface area contributed by atoms with Crippen LogP contribution in [0.3, 0.4) is 0 Å². The number of hydrogen-bond donors (Lipinski definition) is 1. The largest absolute Gasteiger partial charge is 0.240 e. The smallest absolute Gasteiger partial charge is 0.211 e. The van der Waals surface area contributed by atoms with Crippen molar-refractivity contribution in [2.75, 3.05) is 6.54 Å². The third-order valence-corrected chi connectivity index (χ3v) is 6.05. The molecule has 1 N–H and O–H groups in total. The topological polar surface area (TPSA) is 46.2 Å². The maximum atomic E-state index is 12.1. The van der Waals surface area contributed by atoms with Crippen LogP contribution in [0.2, 0.25) is 0 Å². The van der Waals surface area contributed by atoms with Crippen LogP contribution in [0.1, 0.15) is 25.7 Å². The van der Waals surface area contributed by atoms with Gasteiger partial charge in [-0.3, -0.25) is 0 Å². The summed E-state index contributed by atoms with van der Waals surface area (Å²) in [7, 11) is -3.35. The van der Waals surface area contributed by atoms with Gasteiger partial charge in [-0.25, -0.2) is 13.1 Å². The van der Waals surface area contributed by atoms with Crippen LogP contribution in [0.25, 0.3) is 0 Å². The normalized spacial score (nSPS) is 24.9. The Kier molecular flexibility index (Phi) is 4.81. The molecule has 0 heterocycles. The summed E-state index contributed by atoms with van der Waals surface area (Å²) in [5.74, 6) is 0.400. The SMILES string of the molecule is O=S(=O)(NCC1CCCCC1Br)c1ccccc1. The molecule has 0 bridgehead atoms. The minimum atomic E-state index is -3.35. The first-order chi connectivity index (χ1) is 8.59. The van der Waals surface area contributed by atoms with Gasteiger partial charge in [-0.05, 0) is 30.9 Å². The van der Waals surface area contributed by atoms with Gasteiger partial charge in [0.05, 0.1) is 4.90 Å². The zero-order valence-corrected chi connectivity index (χ0v) is 12.6. The van der Waals surface area contributed by atoms with Gasteiger partial charge in [0.15, 0.2) is 0 Å². The van der Waals surface area contributed by atoms with Gasteiger partial charge in [-0.1, -0.05) is 47.0 Å². The zero-order chi connectivity index (χ0) is 13.0. The fourth-order valence-corrected chi connectivity index (χ4v) is 4.18. The summed E-state index contributed by atoms with van der Waals surface area (Å²) in [5.41, 5.74) is 0. The lowest BCUT2D eigenvalue weighted by Crippen LogP contribution is -2.34. The van der Waals surface area contributed by atoms with Crippen LogP contribution >= 0.6 is 15.9 Å². The van der Waals surface area contributed by atoms with E-state index >= 15 is 0 Å². The Hall–Kier alpha value is -0.390. The molecule has 0 radical (unpaired) electrons. The molecule has 1 aromatic carbocycles. The molecule has 2 atom stereocenters. The third-order valence-electron chi connectivity index (χ3n) is 3.41. The lowest BCUT2D eigenvalue weighted by molar-refractivity contribution is 0.373. The Labute approximate surface area is 117 Å². The predicted octanol–water partition coefficient (Wildman–Crippen LogP) is 2.92. The van der Waals surface area contributed by atoms with Gasteiger partial charge in [-0.2, -0.15) is 0 Å². The van der Waals surface area contributed by atoms with E-state index in [0.29, 0.717) is 22.2 Å². The predicted molar refractivity (Wildman–Crippen MR) is 76.3 cm³/mol. The lowest BCUT2D eigenvalue weighted by Gasteiger charge is -2.27. The summed E-state index contributed by atoms with van der Waals surface area (Å²) in [6.45, 7) is 0.521. The first kappa shape index (κ1) is 14.0. The van der Waals surface area contributed by atoms with E-state index in [2.05, 4.69) is 20.7 Å². The average molecular weight is 332 g/mol. The van der Waals surface area contributed by atoms with E-state index in [9.17, 15) is 8.42 Å². The second kappa shape index (κ2) is 6.17. The number of alkyl halides is 1. The summed E-state index contributed by atoms with van der Waals surface area (Å²) in [6.07, 6.45) is 4.66. The van der Waals surface area contributed by atoms with Crippen LogP contribution in [0.15, 0.2) is 35.2 Å². The monoisotopic (exact) mass is 331 g/mol. The quantitative estimate of drug-likeness (QED) is 0.862. The van der Waals surface area contributed by atoms with Crippen molar-refractivity contribution in [3.63, 3.8) is 0 Å². The minimum Gasteiger partial charge on any atom is -0.211 e. The molecule has 0 aliphatic heterocycles. The molecule has 5 heteroatoms. The van der Waals surface area contributed by atoms with E-state index in [1.54, 1.807) is 24.3 Å². The van der Waals surface area contributed by atoms with Gasteiger partial charge in [0.1, 0.15) is 0 Å². The molecule has 0 amide bonds. The summed E-state index contributed by atoms with van der Waals surface area (Å²) in [5, 5.41) is 0. The molecule has 1 fully saturated rings. The number of halogens is 1. The Morgan fingerprint density at radius 2 is 1.83 bits per heavy atom. The fourth-order valence-electron chi connectivity index (χ4n) is 2.29. The number of nitrogens with one attached hydrogen (secondary N) is 1. The van der Waals surface area contributed by atoms with Crippen molar-refractivity contribution in [3.8, 4) is 0 Å². The standard InChI is InChI=1S/C13H18BrNO2S/c14-13-9-5-4-6-11(13)10-15-18(16,17)12-7-2-1-3-8-12/h1-3,7-8,11,13,15H,4-6,9-10H2. The number of rotatable bonds is 4. The van der Waals surface area contributed by atoms with E-state index in [-0.39, 0.29) is 0 Å². The van der Waals surface area contributed by atoms with E-state index in [0.717, 1.165) is 12.8 Å². The van der Waals surface area contributed by atoms with Crippen LogP contribution < -0.4 is 4.72 Å². The van der Waals surface area contributed by atoms with Gasteiger partial charge in [-0.15, -0.1) is 0 Å². The molecule has 0 aromatic heterocycles. The highest BCUT2D eigenvalue weighted by molar-refractivity contribution is 9.09. The average Bonchev–Trinajstić information content (AvgIpc) is 2.39. The van der Waals surface area contributed by atoms with Crippen LogP contribution in [0, 0.1) is 5.92 Å². The van der Waals surface area contributed by atoms with Gasteiger partial charge in [0.25, 0.3) is 0 Å². The molecule has 3 nitrogen and oxygen atoms in total. The Bertz CT molecular complexity index is 475. The zero-order valence-electron chi connectivity index (χ0n) is 10.2. The highest BCUT2D eigenvalue weighted by Gasteiger charge is 2.24. The minimum absolute atomic E-state index is 0.340. The summed E-state index contributed by atoms with van der Waals surface area (Å²) >= 11 is 3.64. The molecule has 1 aliphatic rings. The van der Waals surface area contributed by atoms with Crippen molar-refractivity contribution in [2.24, 2.45) is 5.92 Å². The third kappa shape index (κ3) is 3.56. The molecular weight excluding hydrogens is 314 g/mol. The van der Waals surface area contributed by atoms with Crippen molar-refractivity contribution in [2.45, 2.75) is 35.4 Å². The van der Waals surface area contributed by atoms with Crippen LogP contribution in [-0.4, -0.2) is 19.8 Å². The molecule has 1 saturated carbocycles. The molecule has 18 heavy (non-hydrogen) atoms. The van der Waals surface area contributed by atoms with E-state index in [4.69, 9.17) is 0 Å². The number of benzene rings is 1. The fraction of sp³-hybridized carbons (Fsp3) is 0.538. The Balaban J connectivity index is 1.97. The molecule has 100 valence electrons. The molecule has 0 spiro atoms. The highest BCUT2D eigenvalue weighted by Crippen LogP contribution is 2.29. The van der Waals surface area contributed by atoms with Gasteiger partial charge < -0.3 is 0 Å². The molecule has 1 aromatic rings. The van der Waals surface area contributed by atoms with Crippen molar-refractivity contribution in [1.82, 2.24) is 4.72 Å². The van der Waals surface area contributed by atoms with Crippen LogP contribution in [0.4, 0.5) is 0 Å². The van der Waals surface area contributed by atoms with E-state index in [1.165, 1.54) is 12.8 Å². The first-order valence-electron chi connectivity index (χ1n) is 6.28. The number of sulfonamides is 1. The maximum Gasteiger partial charge on any atom is 0.240 e.